The topological polar surface area (TPSA) is 36.8 Å². The average molecular weight is 349 g/mol. The Morgan fingerprint density at radius 3 is 3.10 bits per heavy atom. The molecule has 4 rings (SSSR count). The van der Waals surface area contributed by atoms with Crippen molar-refractivity contribution < 1.29 is 0 Å². The van der Waals surface area contributed by atoms with Gasteiger partial charge < -0.3 is 0 Å². The quantitative estimate of drug-likeness (QED) is 0.664. The van der Waals surface area contributed by atoms with E-state index < -0.39 is 0 Å². The van der Waals surface area contributed by atoms with Crippen molar-refractivity contribution in [2.45, 2.75) is 18.9 Å². The fourth-order valence-electron chi connectivity index (χ4n) is 2.85. The van der Waals surface area contributed by atoms with E-state index in [1.54, 1.807) is 0 Å². The Hall–Kier alpha value is -1.35. The molecule has 1 heterocycles. The predicted octanol–water partition coefficient (Wildman–Crippen LogP) is 4.79. The van der Waals surface area contributed by atoms with Crippen molar-refractivity contribution in [2.75, 3.05) is 5.32 Å². The Labute approximate surface area is 128 Å². The van der Waals surface area contributed by atoms with Crippen LogP contribution in [0.5, 0.6) is 0 Å². The average Bonchev–Trinajstić information content (AvgIpc) is 3.06. The van der Waals surface area contributed by atoms with Crippen LogP contribution in [0.15, 0.2) is 44.3 Å². The molecule has 20 heavy (non-hydrogen) atoms. The van der Waals surface area contributed by atoms with Crippen LogP contribution in [0.4, 0.5) is 17.1 Å². The first-order valence-corrected chi connectivity index (χ1v) is 8.48. The molecule has 3 nitrogen and oxygen atoms in total. The van der Waals surface area contributed by atoms with Crippen molar-refractivity contribution in [3.63, 3.8) is 0 Å². The summed E-state index contributed by atoms with van der Waals surface area (Å²) in [6, 6.07) is 12.7. The second-order valence-electron chi connectivity index (χ2n) is 5.02. The van der Waals surface area contributed by atoms with Crippen LogP contribution < -0.4 is 5.32 Å². The fraction of sp³-hybridized carbons (Fsp3) is 0.200. The number of aryl methyl sites for hydroxylation is 1. The molecule has 1 N–H and O–H groups in total. The number of hydrogen-bond acceptors (Lipinski definition) is 3. The Balaban J connectivity index is 1.67. The van der Waals surface area contributed by atoms with E-state index in [0.29, 0.717) is 6.04 Å². The molecule has 0 aromatic heterocycles. The van der Waals surface area contributed by atoms with Crippen molar-refractivity contribution in [3.8, 4) is 0 Å². The molecule has 0 saturated carbocycles. The van der Waals surface area contributed by atoms with Gasteiger partial charge in [-0.3, -0.25) is 0 Å². The summed E-state index contributed by atoms with van der Waals surface area (Å²) in [5, 5.41) is 4.45. The number of anilines is 1. The molecule has 0 fully saturated rings. The number of fused-ring (bicyclic) bond motifs is 2. The first-order chi connectivity index (χ1) is 9.81. The van der Waals surface area contributed by atoms with Gasteiger partial charge in [0.05, 0.1) is 0 Å². The van der Waals surface area contributed by atoms with E-state index in [9.17, 15) is 0 Å². The molecule has 1 aliphatic heterocycles. The van der Waals surface area contributed by atoms with Gasteiger partial charge in [0.1, 0.15) is 0 Å². The molecule has 5 heteroatoms. The van der Waals surface area contributed by atoms with Gasteiger partial charge in [0.15, 0.2) is 0 Å². The van der Waals surface area contributed by atoms with Crippen molar-refractivity contribution in [1.82, 2.24) is 0 Å². The summed E-state index contributed by atoms with van der Waals surface area (Å²) < 4.78 is 8.95. The Bertz CT molecular complexity index is 766. The van der Waals surface area contributed by atoms with E-state index in [4.69, 9.17) is 11.6 Å². The monoisotopic (exact) mass is 349 g/mol. The van der Waals surface area contributed by atoms with Crippen LogP contribution in [0.1, 0.15) is 23.6 Å². The van der Waals surface area contributed by atoms with Crippen molar-refractivity contribution in [3.05, 3.63) is 52.5 Å². The van der Waals surface area contributed by atoms with Gasteiger partial charge in [0.25, 0.3) is 0 Å². The van der Waals surface area contributed by atoms with E-state index in [0.717, 1.165) is 34.9 Å². The number of nitrogens with one attached hydrogen (secondary N) is 1. The second-order valence-corrected chi connectivity index (χ2v) is 6.56. The van der Waals surface area contributed by atoms with Crippen LogP contribution in [0, 0.1) is 0 Å². The molecule has 2 aromatic carbocycles. The zero-order chi connectivity index (χ0) is 13.5. The van der Waals surface area contributed by atoms with Gasteiger partial charge in [-0.25, -0.2) is 0 Å². The van der Waals surface area contributed by atoms with Crippen molar-refractivity contribution in [1.29, 1.82) is 0 Å². The third-order valence-electron chi connectivity index (χ3n) is 3.80. The molecule has 0 bridgehead atoms. The van der Waals surface area contributed by atoms with Gasteiger partial charge in [-0.1, -0.05) is 0 Å². The number of nitrogens with zero attached hydrogens (tertiary/aromatic N) is 2. The summed E-state index contributed by atoms with van der Waals surface area (Å²) in [6.45, 7) is 0. The van der Waals surface area contributed by atoms with E-state index in [-0.39, 0.29) is 14.6 Å². The van der Waals surface area contributed by atoms with Crippen molar-refractivity contribution in [2.24, 2.45) is 7.92 Å². The summed E-state index contributed by atoms with van der Waals surface area (Å²) in [6.07, 6.45) is 2.18. The molecule has 1 unspecified atom stereocenters. The molecule has 0 amide bonds. The summed E-state index contributed by atoms with van der Waals surface area (Å²) in [5.74, 6) is 0. The van der Waals surface area contributed by atoms with Gasteiger partial charge in [-0.05, 0) is 0 Å². The van der Waals surface area contributed by atoms with Crippen LogP contribution in [-0.2, 0) is 6.42 Å². The maximum absolute atomic E-state index is 6.06. The predicted molar refractivity (Wildman–Crippen MR) is 82.5 cm³/mol. The molecule has 1 atom stereocenters. The van der Waals surface area contributed by atoms with Gasteiger partial charge in [0, 0.05) is 0 Å². The molecule has 100 valence electrons. The first-order valence-electron chi connectivity index (χ1n) is 6.57. The van der Waals surface area contributed by atoms with Crippen LogP contribution in [0.2, 0.25) is 5.02 Å². The zero-order valence-corrected chi connectivity index (χ0v) is 13.1. The van der Waals surface area contributed by atoms with Crippen LogP contribution in [0.25, 0.3) is 0 Å². The Kier molecular flexibility index (Phi) is 3.03. The molecule has 2 aromatic rings. The minimum atomic E-state index is 0.0151. The Morgan fingerprint density at radius 2 is 2.15 bits per heavy atom. The van der Waals surface area contributed by atoms with E-state index in [1.807, 2.05) is 18.2 Å². The fourth-order valence-corrected chi connectivity index (χ4v) is 4.19. The van der Waals surface area contributed by atoms with E-state index >= 15 is 0 Å². The summed E-state index contributed by atoms with van der Waals surface area (Å²) in [4.78, 5) is 0. The third kappa shape index (κ3) is 2.05. The van der Waals surface area contributed by atoms with E-state index in [1.165, 1.54) is 11.1 Å². The summed E-state index contributed by atoms with van der Waals surface area (Å²) >= 11 is 6.08. The maximum atomic E-state index is 6.06. The molecular weight excluding hydrogens is 337 g/mol. The molecule has 2 aliphatic rings. The van der Waals surface area contributed by atoms with Crippen molar-refractivity contribution >= 4 is 43.2 Å². The standard InChI is InChI=1S/C15H12ClN3Se/c16-10-5-6-11-9(8-10)4-7-12(11)17-13-2-1-3-14-15(13)19-20-18-14/h1-3,5-6,8,12,17H,4,7H2. The number of halogens is 1. The van der Waals surface area contributed by atoms with Crippen LogP contribution >= 0.6 is 11.6 Å². The molecule has 1 aliphatic carbocycles. The van der Waals surface area contributed by atoms with E-state index in [2.05, 4.69) is 31.4 Å². The van der Waals surface area contributed by atoms with Gasteiger partial charge in [-0.15, -0.1) is 0 Å². The zero-order valence-electron chi connectivity index (χ0n) is 10.6. The summed E-state index contributed by atoms with van der Waals surface area (Å²) in [7, 11) is 0. The molecular formula is C15H12ClN3Se. The van der Waals surface area contributed by atoms with Gasteiger partial charge in [-0.2, -0.15) is 0 Å². The normalized spacial score (nSPS) is 18.6. The molecule has 0 radical (unpaired) electrons. The molecule has 0 saturated heterocycles. The third-order valence-corrected chi connectivity index (χ3v) is 5.17. The van der Waals surface area contributed by atoms with Gasteiger partial charge >= 0.3 is 128 Å². The first kappa shape index (κ1) is 12.4. The van der Waals surface area contributed by atoms with Crippen LogP contribution in [0.3, 0.4) is 0 Å². The molecule has 0 spiro atoms. The summed E-state index contributed by atoms with van der Waals surface area (Å²) in [5.41, 5.74) is 5.85. The SMILES string of the molecule is Clc1ccc2c(c1)CCC2Nc1cccc2c1N=[Se]=N2. The Morgan fingerprint density at radius 1 is 1.20 bits per heavy atom. The number of benzene rings is 2. The number of rotatable bonds is 2. The van der Waals surface area contributed by atoms with Crippen LogP contribution in [-0.4, -0.2) is 14.6 Å². The second kappa shape index (κ2) is 4.88. The number of hydrogen-bond donors (Lipinski definition) is 1. The van der Waals surface area contributed by atoms with Gasteiger partial charge in [0.2, 0.25) is 0 Å². The minimum absolute atomic E-state index is 0.0151.